The Labute approximate surface area is 146 Å². The third-order valence-corrected chi connectivity index (χ3v) is 5.19. The van der Waals surface area contributed by atoms with Crippen LogP contribution in [0.5, 0.6) is 0 Å². The van der Waals surface area contributed by atoms with E-state index in [-0.39, 0.29) is 5.25 Å². The van der Waals surface area contributed by atoms with Crippen LogP contribution in [0.3, 0.4) is 0 Å². The molecule has 3 rings (SSSR count). The summed E-state index contributed by atoms with van der Waals surface area (Å²) in [5.74, 6) is 1.95. The summed E-state index contributed by atoms with van der Waals surface area (Å²) in [4.78, 5) is 4.30. The van der Waals surface area contributed by atoms with Crippen LogP contribution in [-0.4, -0.2) is 10.1 Å². The van der Waals surface area contributed by atoms with Gasteiger partial charge in [-0.1, -0.05) is 47.1 Å². The zero-order valence-corrected chi connectivity index (χ0v) is 14.9. The van der Waals surface area contributed by atoms with Gasteiger partial charge in [0.1, 0.15) is 0 Å². The fourth-order valence-corrected chi connectivity index (χ4v) is 3.96. The molecule has 1 aromatic heterocycles. The van der Waals surface area contributed by atoms with Gasteiger partial charge in [0, 0.05) is 5.69 Å². The lowest BCUT2D eigenvalue weighted by atomic mass is 9.97. The summed E-state index contributed by atoms with van der Waals surface area (Å²) in [6, 6.07) is 14.6. The number of hydrogen-bond acceptors (Lipinski definition) is 5. The van der Waals surface area contributed by atoms with Crippen molar-refractivity contribution in [3.05, 3.63) is 76.4 Å². The molecule has 0 bridgehead atoms. The average molecular weight is 339 g/mol. The molecule has 24 heavy (non-hydrogen) atoms. The molecule has 5 heteroatoms. The first-order valence-corrected chi connectivity index (χ1v) is 8.92. The number of rotatable bonds is 5. The molecule has 0 amide bonds. The van der Waals surface area contributed by atoms with Crippen LogP contribution in [-0.2, 0) is 5.75 Å². The maximum atomic E-state index is 6.29. The Bertz CT molecular complexity index is 844. The summed E-state index contributed by atoms with van der Waals surface area (Å²) in [7, 11) is 0. The fraction of sp³-hybridized carbons (Fsp3) is 0.263. The number of aromatic nitrogens is 2. The van der Waals surface area contributed by atoms with Crippen molar-refractivity contribution >= 4 is 17.4 Å². The Morgan fingerprint density at radius 2 is 1.88 bits per heavy atom. The van der Waals surface area contributed by atoms with Crippen LogP contribution in [0, 0.1) is 20.8 Å². The van der Waals surface area contributed by atoms with E-state index in [1.165, 1.54) is 16.7 Å². The molecule has 0 fully saturated rings. The van der Waals surface area contributed by atoms with Crippen molar-refractivity contribution in [3.63, 3.8) is 0 Å². The molecule has 0 saturated heterocycles. The van der Waals surface area contributed by atoms with E-state index < -0.39 is 0 Å². The predicted octanol–water partition coefficient (Wildman–Crippen LogP) is 4.60. The number of thioether (sulfide) groups is 1. The van der Waals surface area contributed by atoms with Gasteiger partial charge in [-0.15, -0.1) is 11.8 Å². The molecule has 4 nitrogen and oxygen atoms in total. The minimum Gasteiger partial charge on any atom is -0.398 e. The second-order valence-electron chi connectivity index (χ2n) is 5.92. The van der Waals surface area contributed by atoms with Crippen LogP contribution >= 0.6 is 11.8 Å². The molecule has 0 aliphatic carbocycles. The van der Waals surface area contributed by atoms with Crippen molar-refractivity contribution in [1.29, 1.82) is 0 Å². The number of nitrogen functional groups attached to an aromatic ring is 1. The summed E-state index contributed by atoms with van der Waals surface area (Å²) >= 11 is 1.75. The van der Waals surface area contributed by atoms with Crippen LogP contribution in [0.25, 0.3) is 0 Å². The number of nitrogens with zero attached hydrogens (tertiary/aromatic N) is 2. The second-order valence-corrected chi connectivity index (χ2v) is 7.01. The van der Waals surface area contributed by atoms with Crippen LogP contribution in [0.4, 0.5) is 5.69 Å². The molecule has 2 N–H and O–H groups in total. The van der Waals surface area contributed by atoms with Gasteiger partial charge in [-0.25, -0.2) is 0 Å². The quantitative estimate of drug-likeness (QED) is 0.688. The Balaban J connectivity index is 1.97. The standard InChI is InChI=1S/C19H21N3OS/c1-12-8-9-17(20)16(10-12)19(15-7-5-4-6-13(15)2)24-11-18-21-14(3)22-23-18/h4-10,19H,11,20H2,1-3H3. The van der Waals surface area contributed by atoms with Crippen LogP contribution < -0.4 is 5.73 Å². The summed E-state index contributed by atoms with van der Waals surface area (Å²) in [6.07, 6.45) is 0. The maximum Gasteiger partial charge on any atom is 0.236 e. The maximum absolute atomic E-state index is 6.29. The van der Waals surface area contributed by atoms with Crippen LogP contribution in [0.1, 0.15) is 39.2 Å². The zero-order chi connectivity index (χ0) is 17.1. The molecular formula is C19H21N3OS. The van der Waals surface area contributed by atoms with Crippen molar-refractivity contribution < 1.29 is 4.52 Å². The molecule has 0 saturated carbocycles. The van der Waals surface area contributed by atoms with E-state index in [1.54, 1.807) is 11.8 Å². The van der Waals surface area contributed by atoms with Gasteiger partial charge >= 0.3 is 0 Å². The van der Waals surface area contributed by atoms with Gasteiger partial charge in [-0.3, -0.25) is 0 Å². The van der Waals surface area contributed by atoms with Crippen molar-refractivity contribution in [2.45, 2.75) is 31.8 Å². The highest BCUT2D eigenvalue weighted by Crippen LogP contribution is 2.41. The molecule has 3 aromatic rings. The molecule has 1 heterocycles. The normalized spacial score (nSPS) is 12.3. The van der Waals surface area contributed by atoms with Crippen LogP contribution in [0.2, 0.25) is 0 Å². The molecule has 0 aliphatic heterocycles. The lowest BCUT2D eigenvalue weighted by molar-refractivity contribution is 0.387. The number of benzene rings is 2. The largest absolute Gasteiger partial charge is 0.398 e. The second kappa shape index (κ2) is 7.09. The molecule has 0 spiro atoms. The Morgan fingerprint density at radius 3 is 2.58 bits per heavy atom. The molecule has 1 unspecified atom stereocenters. The Kier molecular flexibility index (Phi) is 4.90. The van der Waals surface area contributed by atoms with Gasteiger partial charge in [0.05, 0.1) is 11.0 Å². The average Bonchev–Trinajstić information content (AvgIpc) is 2.98. The molecule has 1 atom stereocenters. The number of aryl methyl sites for hydroxylation is 3. The molecule has 0 radical (unpaired) electrons. The van der Waals surface area contributed by atoms with E-state index in [4.69, 9.17) is 10.3 Å². The Hall–Kier alpha value is -2.27. The van der Waals surface area contributed by atoms with Crippen molar-refractivity contribution in [2.75, 3.05) is 5.73 Å². The van der Waals surface area contributed by atoms with Gasteiger partial charge in [0.15, 0.2) is 5.82 Å². The third kappa shape index (κ3) is 3.62. The SMILES string of the molecule is Cc1ccc(N)c(C(SCc2nc(C)no2)c2ccccc2C)c1. The summed E-state index contributed by atoms with van der Waals surface area (Å²) in [5, 5.41) is 3.99. The minimum absolute atomic E-state index is 0.123. The number of hydrogen-bond donors (Lipinski definition) is 1. The first kappa shape index (κ1) is 16.6. The Morgan fingerprint density at radius 1 is 1.08 bits per heavy atom. The zero-order valence-electron chi connectivity index (χ0n) is 14.1. The van der Waals surface area contributed by atoms with Crippen molar-refractivity contribution in [1.82, 2.24) is 10.1 Å². The molecular weight excluding hydrogens is 318 g/mol. The van der Waals surface area contributed by atoms with E-state index in [0.717, 1.165) is 11.3 Å². The van der Waals surface area contributed by atoms with Gasteiger partial charge in [-0.2, -0.15) is 4.98 Å². The number of anilines is 1. The highest BCUT2D eigenvalue weighted by Gasteiger charge is 2.20. The topological polar surface area (TPSA) is 64.9 Å². The smallest absolute Gasteiger partial charge is 0.236 e. The summed E-state index contributed by atoms with van der Waals surface area (Å²) < 4.78 is 5.26. The highest BCUT2D eigenvalue weighted by atomic mass is 32.2. The molecule has 124 valence electrons. The van der Waals surface area contributed by atoms with Gasteiger partial charge in [-0.05, 0) is 43.5 Å². The first-order chi connectivity index (χ1) is 11.5. The fourth-order valence-electron chi connectivity index (χ4n) is 2.70. The van der Waals surface area contributed by atoms with Gasteiger partial charge in [0.25, 0.3) is 0 Å². The lowest BCUT2D eigenvalue weighted by Gasteiger charge is -2.21. The van der Waals surface area contributed by atoms with E-state index in [0.29, 0.717) is 17.5 Å². The van der Waals surface area contributed by atoms with Crippen LogP contribution in [0.15, 0.2) is 47.0 Å². The molecule has 0 aliphatic rings. The van der Waals surface area contributed by atoms with Crippen molar-refractivity contribution in [3.8, 4) is 0 Å². The lowest BCUT2D eigenvalue weighted by Crippen LogP contribution is -2.04. The minimum atomic E-state index is 0.123. The first-order valence-electron chi connectivity index (χ1n) is 7.87. The number of nitrogens with two attached hydrogens (primary N) is 1. The van der Waals surface area contributed by atoms with E-state index in [1.807, 2.05) is 19.1 Å². The third-order valence-electron chi connectivity index (χ3n) is 3.94. The van der Waals surface area contributed by atoms with Crippen molar-refractivity contribution in [2.24, 2.45) is 0 Å². The predicted molar refractivity (Wildman–Crippen MR) is 98.9 cm³/mol. The van der Waals surface area contributed by atoms with E-state index in [9.17, 15) is 0 Å². The summed E-state index contributed by atoms with van der Waals surface area (Å²) in [5.41, 5.74) is 11.9. The van der Waals surface area contributed by atoms with E-state index in [2.05, 4.69) is 54.3 Å². The summed E-state index contributed by atoms with van der Waals surface area (Å²) in [6.45, 7) is 6.05. The highest BCUT2D eigenvalue weighted by molar-refractivity contribution is 7.98. The van der Waals surface area contributed by atoms with Gasteiger partial charge in [0.2, 0.25) is 5.89 Å². The molecule has 2 aromatic carbocycles. The monoisotopic (exact) mass is 339 g/mol. The van der Waals surface area contributed by atoms with Gasteiger partial charge < -0.3 is 10.3 Å². The van der Waals surface area contributed by atoms with E-state index >= 15 is 0 Å².